The van der Waals surface area contributed by atoms with Gasteiger partial charge in [0.1, 0.15) is 18.1 Å². The number of benzene rings is 2. The van der Waals surface area contributed by atoms with E-state index in [1.165, 1.54) is 6.21 Å². The van der Waals surface area contributed by atoms with Crippen LogP contribution in [0.4, 0.5) is 0 Å². The van der Waals surface area contributed by atoms with Crippen molar-refractivity contribution >= 4 is 23.7 Å². The van der Waals surface area contributed by atoms with Gasteiger partial charge in [-0.05, 0) is 49.4 Å². The van der Waals surface area contributed by atoms with Crippen LogP contribution < -0.4 is 14.9 Å². The van der Waals surface area contributed by atoms with Gasteiger partial charge in [-0.1, -0.05) is 17.5 Å². The Morgan fingerprint density at radius 3 is 2.72 bits per heavy atom. The number of halogens is 1. The molecule has 25 heavy (non-hydrogen) atoms. The van der Waals surface area contributed by atoms with E-state index in [0.717, 1.165) is 0 Å². The maximum absolute atomic E-state index is 12.1. The van der Waals surface area contributed by atoms with Crippen molar-refractivity contribution in [2.24, 2.45) is 5.10 Å². The Morgan fingerprint density at radius 1 is 1.28 bits per heavy atom. The summed E-state index contributed by atoms with van der Waals surface area (Å²) >= 11 is 5.97. The number of rotatable bonds is 7. The summed E-state index contributed by atoms with van der Waals surface area (Å²) in [7, 11) is 0. The first-order valence-electron chi connectivity index (χ1n) is 7.56. The highest BCUT2D eigenvalue weighted by atomic mass is 35.5. The fourth-order valence-corrected chi connectivity index (χ4v) is 2.15. The Hall–Kier alpha value is -2.97. The highest BCUT2D eigenvalue weighted by Crippen LogP contribution is 2.21. The van der Waals surface area contributed by atoms with E-state index in [9.17, 15) is 4.79 Å². The van der Waals surface area contributed by atoms with E-state index in [2.05, 4.69) is 16.4 Å². The zero-order valence-corrected chi connectivity index (χ0v) is 14.4. The summed E-state index contributed by atoms with van der Waals surface area (Å²) in [5.41, 5.74) is 3.53. The van der Waals surface area contributed by atoms with Crippen LogP contribution in [0.5, 0.6) is 11.5 Å². The fourth-order valence-electron chi connectivity index (χ4n) is 1.97. The molecule has 0 unspecified atom stereocenters. The topological polar surface area (TPSA) is 59.9 Å². The molecular weight excluding hydrogens is 340 g/mol. The van der Waals surface area contributed by atoms with Crippen LogP contribution in [-0.4, -0.2) is 25.3 Å². The summed E-state index contributed by atoms with van der Waals surface area (Å²) in [4.78, 5) is 12.1. The minimum atomic E-state index is -0.340. The van der Waals surface area contributed by atoms with Crippen molar-refractivity contribution in [1.82, 2.24) is 5.43 Å². The lowest BCUT2D eigenvalue weighted by Crippen LogP contribution is -2.17. The van der Waals surface area contributed by atoms with Crippen molar-refractivity contribution < 1.29 is 14.3 Å². The fraction of sp³-hybridized carbons (Fsp3) is 0.158. The third-order valence-corrected chi connectivity index (χ3v) is 3.32. The number of hydrogen-bond donors (Lipinski definition) is 1. The maximum Gasteiger partial charge on any atom is 0.271 e. The SMILES string of the molecule is C#CCOc1ccc(Cl)cc1/C=N\NC(=O)c1ccc(OCC)cc1. The van der Waals surface area contributed by atoms with E-state index < -0.39 is 0 Å². The minimum Gasteiger partial charge on any atom is -0.494 e. The van der Waals surface area contributed by atoms with Crippen molar-refractivity contribution in [1.29, 1.82) is 0 Å². The molecule has 2 aromatic rings. The molecule has 0 fully saturated rings. The molecular formula is C19H17ClN2O3. The number of hydrogen-bond acceptors (Lipinski definition) is 4. The number of ether oxygens (including phenoxy) is 2. The molecule has 128 valence electrons. The Morgan fingerprint density at radius 2 is 2.04 bits per heavy atom. The van der Waals surface area contributed by atoms with Gasteiger partial charge in [0, 0.05) is 16.1 Å². The number of amides is 1. The van der Waals surface area contributed by atoms with E-state index >= 15 is 0 Å². The van der Waals surface area contributed by atoms with Gasteiger partial charge in [0.15, 0.2) is 0 Å². The van der Waals surface area contributed by atoms with Crippen molar-refractivity contribution in [3.05, 3.63) is 58.6 Å². The quantitative estimate of drug-likeness (QED) is 0.469. The van der Waals surface area contributed by atoms with Crippen LogP contribution in [0.25, 0.3) is 0 Å². The van der Waals surface area contributed by atoms with Gasteiger partial charge in [0.25, 0.3) is 5.91 Å². The number of hydrazone groups is 1. The van der Waals surface area contributed by atoms with Crippen molar-refractivity contribution in [2.75, 3.05) is 13.2 Å². The Bertz CT molecular complexity index is 795. The first-order valence-corrected chi connectivity index (χ1v) is 7.94. The predicted octanol–water partition coefficient (Wildman–Crippen LogP) is 3.51. The lowest BCUT2D eigenvalue weighted by molar-refractivity contribution is 0.0955. The van der Waals surface area contributed by atoms with Crippen LogP contribution in [0.1, 0.15) is 22.8 Å². The highest BCUT2D eigenvalue weighted by molar-refractivity contribution is 6.30. The largest absolute Gasteiger partial charge is 0.494 e. The Kier molecular flexibility index (Phi) is 6.87. The van der Waals surface area contributed by atoms with Gasteiger partial charge in [-0.15, -0.1) is 6.42 Å². The van der Waals surface area contributed by atoms with E-state index in [1.54, 1.807) is 42.5 Å². The van der Waals surface area contributed by atoms with E-state index in [1.807, 2.05) is 6.92 Å². The summed E-state index contributed by atoms with van der Waals surface area (Å²) in [5.74, 6) is 3.28. The second kappa shape index (κ2) is 9.36. The molecule has 0 heterocycles. The Balaban J connectivity index is 2.03. The van der Waals surface area contributed by atoms with Crippen molar-refractivity contribution in [2.45, 2.75) is 6.92 Å². The van der Waals surface area contributed by atoms with E-state index in [4.69, 9.17) is 27.5 Å². The van der Waals surface area contributed by atoms with Gasteiger partial charge in [0.05, 0.1) is 12.8 Å². The van der Waals surface area contributed by atoms with Crippen molar-refractivity contribution in [3.8, 4) is 23.8 Å². The predicted molar refractivity (Wildman–Crippen MR) is 98.5 cm³/mol. The molecule has 0 atom stereocenters. The van der Waals surface area contributed by atoms with Gasteiger partial charge < -0.3 is 9.47 Å². The lowest BCUT2D eigenvalue weighted by atomic mass is 10.2. The van der Waals surface area contributed by atoms with Crippen LogP contribution in [0.3, 0.4) is 0 Å². The highest BCUT2D eigenvalue weighted by Gasteiger charge is 2.05. The van der Waals surface area contributed by atoms with Gasteiger partial charge in [0.2, 0.25) is 0 Å². The number of carbonyl (C=O) groups is 1. The summed E-state index contributed by atoms with van der Waals surface area (Å²) in [5, 5.41) is 4.46. The molecule has 0 aliphatic rings. The molecule has 5 nitrogen and oxygen atoms in total. The number of nitrogens with zero attached hydrogens (tertiary/aromatic N) is 1. The van der Waals surface area contributed by atoms with Gasteiger partial charge >= 0.3 is 0 Å². The monoisotopic (exact) mass is 356 g/mol. The Labute approximate surface area is 151 Å². The van der Waals surface area contributed by atoms with E-state index in [0.29, 0.717) is 34.3 Å². The van der Waals surface area contributed by atoms with Crippen LogP contribution in [0, 0.1) is 12.3 Å². The van der Waals surface area contributed by atoms with E-state index in [-0.39, 0.29) is 12.5 Å². The third-order valence-electron chi connectivity index (χ3n) is 3.08. The summed E-state index contributed by atoms with van der Waals surface area (Å²) in [6.45, 7) is 2.59. The zero-order chi connectivity index (χ0) is 18.1. The smallest absolute Gasteiger partial charge is 0.271 e. The average Bonchev–Trinajstić information content (AvgIpc) is 2.62. The molecule has 0 aliphatic carbocycles. The molecule has 1 N–H and O–H groups in total. The van der Waals surface area contributed by atoms with Crippen LogP contribution in [0.15, 0.2) is 47.6 Å². The molecule has 0 saturated heterocycles. The molecule has 0 saturated carbocycles. The first-order chi connectivity index (χ1) is 12.1. The number of terminal acetylenes is 1. The normalized spacial score (nSPS) is 10.3. The lowest BCUT2D eigenvalue weighted by Gasteiger charge is -2.07. The average molecular weight is 357 g/mol. The summed E-state index contributed by atoms with van der Waals surface area (Å²) < 4.78 is 10.7. The van der Waals surface area contributed by atoms with Crippen LogP contribution >= 0.6 is 11.6 Å². The number of nitrogens with one attached hydrogen (secondary N) is 1. The second-order valence-corrected chi connectivity index (χ2v) is 5.27. The molecule has 0 bridgehead atoms. The third kappa shape index (κ3) is 5.55. The van der Waals surface area contributed by atoms with Crippen LogP contribution in [0.2, 0.25) is 5.02 Å². The molecule has 1 amide bonds. The number of carbonyl (C=O) groups excluding carboxylic acids is 1. The molecule has 2 aromatic carbocycles. The molecule has 0 spiro atoms. The van der Waals surface area contributed by atoms with Crippen molar-refractivity contribution in [3.63, 3.8) is 0 Å². The first kappa shape index (κ1) is 18.4. The summed E-state index contributed by atoms with van der Waals surface area (Å²) in [6.07, 6.45) is 6.64. The molecule has 0 aromatic heterocycles. The molecule has 0 aliphatic heterocycles. The second-order valence-electron chi connectivity index (χ2n) is 4.83. The summed E-state index contributed by atoms with van der Waals surface area (Å²) in [6, 6.07) is 11.8. The minimum absolute atomic E-state index is 0.126. The van der Waals surface area contributed by atoms with Gasteiger partial charge in [-0.2, -0.15) is 5.10 Å². The van der Waals surface area contributed by atoms with Gasteiger partial charge in [-0.3, -0.25) is 4.79 Å². The zero-order valence-electron chi connectivity index (χ0n) is 13.7. The maximum atomic E-state index is 12.1. The van der Waals surface area contributed by atoms with Crippen LogP contribution in [-0.2, 0) is 0 Å². The molecule has 2 rings (SSSR count). The van der Waals surface area contributed by atoms with Gasteiger partial charge in [-0.25, -0.2) is 5.43 Å². The standard InChI is InChI=1S/C19H17ClN2O3/c1-3-11-25-18-10-7-16(20)12-15(18)13-21-22-19(23)14-5-8-17(9-6-14)24-4-2/h1,5-10,12-13H,4,11H2,2H3,(H,22,23)/b21-13-. The molecule has 0 radical (unpaired) electrons. The molecule has 6 heteroatoms.